The number of fused-ring (bicyclic) bond motifs is 1. The number of hydrogen-bond donors (Lipinski definition) is 0. The van der Waals surface area contributed by atoms with Gasteiger partial charge in [0.2, 0.25) is 0 Å². The number of aromatic nitrogens is 1. The van der Waals surface area contributed by atoms with Gasteiger partial charge >= 0.3 is 0 Å². The van der Waals surface area contributed by atoms with Gasteiger partial charge in [0.1, 0.15) is 5.75 Å². The molecular weight excluding hydrogens is 246 g/mol. The molecule has 0 radical (unpaired) electrons. The SMILES string of the molecule is COc1ccc(C#Cc2cnc3ccccc3c2)cc1. The van der Waals surface area contributed by atoms with Crippen LogP contribution >= 0.6 is 0 Å². The summed E-state index contributed by atoms with van der Waals surface area (Å²) in [6.45, 7) is 0. The van der Waals surface area contributed by atoms with Gasteiger partial charge < -0.3 is 4.74 Å². The maximum absolute atomic E-state index is 5.12. The van der Waals surface area contributed by atoms with E-state index in [1.807, 2.05) is 48.5 Å². The number of ether oxygens (including phenoxy) is 1. The normalized spacial score (nSPS) is 9.85. The van der Waals surface area contributed by atoms with Crippen molar-refractivity contribution in [2.24, 2.45) is 0 Å². The molecule has 3 rings (SSSR count). The minimum absolute atomic E-state index is 0.836. The average molecular weight is 259 g/mol. The van der Waals surface area contributed by atoms with Crippen LogP contribution in [0.3, 0.4) is 0 Å². The van der Waals surface area contributed by atoms with Crippen molar-refractivity contribution < 1.29 is 4.74 Å². The number of nitrogens with zero attached hydrogens (tertiary/aromatic N) is 1. The van der Waals surface area contributed by atoms with Crippen molar-refractivity contribution in [2.45, 2.75) is 0 Å². The summed E-state index contributed by atoms with van der Waals surface area (Å²) in [5, 5.41) is 1.11. The highest BCUT2D eigenvalue weighted by molar-refractivity contribution is 5.79. The zero-order valence-electron chi connectivity index (χ0n) is 11.1. The monoisotopic (exact) mass is 259 g/mol. The molecule has 1 aromatic heterocycles. The summed E-state index contributed by atoms with van der Waals surface area (Å²) in [6.07, 6.45) is 1.80. The molecule has 0 N–H and O–H groups in total. The fourth-order valence-electron chi connectivity index (χ4n) is 1.96. The van der Waals surface area contributed by atoms with E-state index >= 15 is 0 Å². The van der Waals surface area contributed by atoms with Gasteiger partial charge in [0.15, 0.2) is 0 Å². The van der Waals surface area contributed by atoms with Crippen LogP contribution in [0.25, 0.3) is 10.9 Å². The first kappa shape index (κ1) is 12.3. The Morgan fingerprint density at radius 1 is 0.900 bits per heavy atom. The van der Waals surface area contributed by atoms with Gasteiger partial charge in [0.25, 0.3) is 0 Å². The lowest BCUT2D eigenvalue weighted by Crippen LogP contribution is -1.83. The minimum Gasteiger partial charge on any atom is -0.497 e. The minimum atomic E-state index is 0.836. The van der Waals surface area contributed by atoms with Gasteiger partial charge in [0, 0.05) is 22.7 Å². The number of benzene rings is 2. The molecule has 0 aliphatic heterocycles. The molecule has 0 saturated carbocycles. The largest absolute Gasteiger partial charge is 0.497 e. The second-order valence-electron chi connectivity index (χ2n) is 4.40. The van der Waals surface area contributed by atoms with Gasteiger partial charge in [-0.05, 0) is 36.4 Å². The van der Waals surface area contributed by atoms with E-state index in [2.05, 4.69) is 22.9 Å². The molecule has 3 aromatic rings. The Morgan fingerprint density at radius 3 is 2.45 bits per heavy atom. The Morgan fingerprint density at radius 2 is 1.65 bits per heavy atom. The molecule has 2 heteroatoms. The highest BCUT2D eigenvalue weighted by Crippen LogP contribution is 2.13. The lowest BCUT2D eigenvalue weighted by molar-refractivity contribution is 0.415. The van der Waals surface area contributed by atoms with Gasteiger partial charge in [0.05, 0.1) is 12.6 Å². The third-order valence-corrected chi connectivity index (χ3v) is 3.03. The summed E-state index contributed by atoms with van der Waals surface area (Å²) in [4.78, 5) is 4.40. The van der Waals surface area contributed by atoms with Crippen molar-refractivity contribution in [3.8, 4) is 17.6 Å². The molecule has 0 unspecified atom stereocenters. The van der Waals surface area contributed by atoms with Crippen LogP contribution in [0, 0.1) is 11.8 Å². The number of methoxy groups -OCH3 is 1. The topological polar surface area (TPSA) is 22.1 Å². The van der Waals surface area contributed by atoms with Crippen molar-refractivity contribution >= 4 is 10.9 Å². The fraction of sp³-hybridized carbons (Fsp3) is 0.0556. The molecule has 20 heavy (non-hydrogen) atoms. The summed E-state index contributed by atoms with van der Waals surface area (Å²) >= 11 is 0. The van der Waals surface area contributed by atoms with Crippen LogP contribution in [0.15, 0.2) is 60.8 Å². The van der Waals surface area contributed by atoms with Gasteiger partial charge in [-0.1, -0.05) is 30.0 Å². The number of para-hydroxylation sites is 1. The number of pyridine rings is 1. The molecule has 0 saturated heterocycles. The highest BCUT2D eigenvalue weighted by Gasteiger charge is 1.94. The van der Waals surface area contributed by atoms with E-state index in [0.717, 1.165) is 27.8 Å². The summed E-state index contributed by atoms with van der Waals surface area (Å²) in [6, 6.07) is 17.8. The van der Waals surface area contributed by atoms with Crippen molar-refractivity contribution in [1.82, 2.24) is 4.98 Å². The first-order valence-corrected chi connectivity index (χ1v) is 6.36. The van der Waals surface area contributed by atoms with Crippen LogP contribution in [0.5, 0.6) is 5.75 Å². The predicted molar refractivity (Wildman–Crippen MR) is 80.7 cm³/mol. The van der Waals surface area contributed by atoms with Gasteiger partial charge in [-0.2, -0.15) is 0 Å². The Kier molecular flexibility index (Phi) is 3.34. The maximum atomic E-state index is 5.12. The molecule has 0 aliphatic rings. The molecule has 96 valence electrons. The lowest BCUT2D eigenvalue weighted by atomic mass is 10.1. The van der Waals surface area contributed by atoms with Crippen LogP contribution in [0.1, 0.15) is 11.1 Å². The van der Waals surface area contributed by atoms with E-state index in [1.165, 1.54) is 0 Å². The lowest BCUT2D eigenvalue weighted by Gasteiger charge is -1.98. The van der Waals surface area contributed by atoms with E-state index in [4.69, 9.17) is 4.74 Å². The second kappa shape index (κ2) is 5.46. The Balaban J connectivity index is 1.90. The molecule has 0 bridgehead atoms. The molecular formula is C18H13NO. The molecule has 0 fully saturated rings. The standard InChI is InChI=1S/C18H13NO/c1-20-17-10-8-14(9-11-17)6-7-15-12-16-4-2-3-5-18(16)19-13-15/h2-5,8-13H,1H3. The third kappa shape index (κ3) is 2.62. The van der Waals surface area contributed by atoms with Crippen LogP contribution in [0.2, 0.25) is 0 Å². The van der Waals surface area contributed by atoms with Crippen molar-refractivity contribution in [2.75, 3.05) is 7.11 Å². The van der Waals surface area contributed by atoms with Crippen LogP contribution in [-0.4, -0.2) is 12.1 Å². The molecule has 0 aliphatic carbocycles. The Hall–Kier alpha value is -2.79. The molecule has 0 spiro atoms. The Labute approximate surface area is 118 Å². The first-order chi connectivity index (χ1) is 9.85. The highest BCUT2D eigenvalue weighted by atomic mass is 16.5. The quantitative estimate of drug-likeness (QED) is 0.622. The van der Waals surface area contributed by atoms with E-state index in [9.17, 15) is 0 Å². The molecule has 2 nitrogen and oxygen atoms in total. The molecule has 0 atom stereocenters. The van der Waals surface area contributed by atoms with E-state index in [-0.39, 0.29) is 0 Å². The fourth-order valence-corrected chi connectivity index (χ4v) is 1.96. The smallest absolute Gasteiger partial charge is 0.118 e. The van der Waals surface area contributed by atoms with Crippen molar-refractivity contribution in [1.29, 1.82) is 0 Å². The van der Waals surface area contributed by atoms with E-state index < -0.39 is 0 Å². The van der Waals surface area contributed by atoms with Gasteiger partial charge in [-0.3, -0.25) is 4.98 Å². The van der Waals surface area contributed by atoms with Crippen molar-refractivity contribution in [3.63, 3.8) is 0 Å². The van der Waals surface area contributed by atoms with Crippen molar-refractivity contribution in [3.05, 3.63) is 71.9 Å². The molecule has 2 aromatic carbocycles. The zero-order chi connectivity index (χ0) is 13.8. The summed E-state index contributed by atoms with van der Waals surface area (Å²) in [5.41, 5.74) is 2.86. The van der Waals surface area contributed by atoms with Gasteiger partial charge in [-0.15, -0.1) is 0 Å². The zero-order valence-corrected chi connectivity index (χ0v) is 11.1. The summed E-state index contributed by atoms with van der Waals surface area (Å²) < 4.78 is 5.12. The van der Waals surface area contributed by atoms with Crippen LogP contribution in [-0.2, 0) is 0 Å². The summed E-state index contributed by atoms with van der Waals surface area (Å²) in [5.74, 6) is 7.10. The average Bonchev–Trinajstić information content (AvgIpc) is 2.53. The van der Waals surface area contributed by atoms with Gasteiger partial charge in [-0.25, -0.2) is 0 Å². The molecule has 0 amide bonds. The number of hydrogen-bond acceptors (Lipinski definition) is 2. The Bertz CT molecular complexity index is 795. The molecule has 1 heterocycles. The predicted octanol–water partition coefficient (Wildman–Crippen LogP) is 3.64. The number of rotatable bonds is 1. The van der Waals surface area contributed by atoms with E-state index in [0.29, 0.717) is 0 Å². The first-order valence-electron chi connectivity index (χ1n) is 6.36. The summed E-state index contributed by atoms with van der Waals surface area (Å²) in [7, 11) is 1.65. The van der Waals surface area contributed by atoms with Crippen LogP contribution in [0.4, 0.5) is 0 Å². The van der Waals surface area contributed by atoms with Crippen LogP contribution < -0.4 is 4.74 Å². The third-order valence-electron chi connectivity index (χ3n) is 3.03. The van der Waals surface area contributed by atoms with E-state index in [1.54, 1.807) is 13.3 Å². The maximum Gasteiger partial charge on any atom is 0.118 e. The second-order valence-corrected chi connectivity index (χ2v) is 4.40.